The molecule has 0 spiro atoms. The minimum atomic E-state index is 0.471. The van der Waals surface area contributed by atoms with Crippen molar-refractivity contribution >= 4 is 0 Å². The molecule has 3 atom stereocenters. The molecule has 0 aromatic rings. The Morgan fingerprint density at radius 2 is 1.72 bits per heavy atom. The average Bonchev–Trinajstić information content (AvgIpc) is 2.20. The molecule has 0 saturated heterocycles. The zero-order chi connectivity index (χ0) is 14.1. The van der Waals surface area contributed by atoms with Gasteiger partial charge < -0.3 is 0 Å². The van der Waals surface area contributed by atoms with Crippen LogP contribution in [0.25, 0.3) is 0 Å². The van der Waals surface area contributed by atoms with E-state index in [1.54, 1.807) is 5.57 Å². The lowest BCUT2D eigenvalue weighted by molar-refractivity contribution is -0.0219. The lowest BCUT2D eigenvalue weighted by atomic mass is 9.53. The van der Waals surface area contributed by atoms with Gasteiger partial charge in [-0.3, -0.25) is 0 Å². The van der Waals surface area contributed by atoms with Gasteiger partial charge in [0, 0.05) is 0 Å². The SMILES string of the molecule is CC=C(C)CC(C)(C)CC1CC(C(C)(C)C)C1C. The van der Waals surface area contributed by atoms with E-state index in [1.165, 1.54) is 19.3 Å². The van der Waals surface area contributed by atoms with Gasteiger partial charge in [0.1, 0.15) is 0 Å². The fraction of sp³-hybridized carbons (Fsp3) is 0.889. The lowest BCUT2D eigenvalue weighted by Gasteiger charge is -2.52. The van der Waals surface area contributed by atoms with Crippen molar-refractivity contribution in [3.8, 4) is 0 Å². The first-order valence-corrected chi connectivity index (χ1v) is 7.68. The van der Waals surface area contributed by atoms with Gasteiger partial charge in [-0.15, -0.1) is 0 Å². The molecule has 0 aliphatic heterocycles. The number of hydrogen-bond donors (Lipinski definition) is 0. The number of allylic oxidation sites excluding steroid dienone is 2. The summed E-state index contributed by atoms with van der Waals surface area (Å²) in [5.41, 5.74) is 2.51. The van der Waals surface area contributed by atoms with Gasteiger partial charge in [-0.05, 0) is 61.7 Å². The van der Waals surface area contributed by atoms with E-state index in [1.807, 2.05) is 0 Å². The predicted molar refractivity (Wildman–Crippen MR) is 82.7 cm³/mol. The van der Waals surface area contributed by atoms with Gasteiger partial charge in [0.05, 0.1) is 0 Å². The van der Waals surface area contributed by atoms with Crippen molar-refractivity contribution in [2.75, 3.05) is 0 Å². The first-order chi connectivity index (χ1) is 8.07. The minimum absolute atomic E-state index is 0.471. The second kappa shape index (κ2) is 5.39. The topological polar surface area (TPSA) is 0 Å². The molecule has 0 heteroatoms. The monoisotopic (exact) mass is 250 g/mol. The average molecular weight is 250 g/mol. The highest BCUT2D eigenvalue weighted by Crippen LogP contribution is 2.53. The molecule has 3 unspecified atom stereocenters. The molecule has 0 aromatic carbocycles. The second-order valence-corrected chi connectivity index (χ2v) is 8.51. The first kappa shape index (κ1) is 15.8. The van der Waals surface area contributed by atoms with Crippen molar-refractivity contribution in [1.82, 2.24) is 0 Å². The van der Waals surface area contributed by atoms with Crippen molar-refractivity contribution in [3.63, 3.8) is 0 Å². The van der Waals surface area contributed by atoms with Gasteiger partial charge in [-0.2, -0.15) is 0 Å². The summed E-state index contributed by atoms with van der Waals surface area (Å²) in [7, 11) is 0. The number of hydrogen-bond acceptors (Lipinski definition) is 0. The summed E-state index contributed by atoms with van der Waals surface area (Å²) < 4.78 is 0. The van der Waals surface area contributed by atoms with Gasteiger partial charge >= 0.3 is 0 Å². The minimum Gasteiger partial charge on any atom is -0.0887 e. The highest BCUT2D eigenvalue weighted by atomic mass is 14.5. The summed E-state index contributed by atoms with van der Waals surface area (Å²) in [6, 6.07) is 0. The number of rotatable bonds is 4. The Hall–Kier alpha value is -0.260. The predicted octanol–water partition coefficient (Wildman–Crippen LogP) is 6.08. The Kier molecular flexibility index (Phi) is 4.73. The van der Waals surface area contributed by atoms with Crippen LogP contribution >= 0.6 is 0 Å². The molecular weight excluding hydrogens is 216 g/mol. The van der Waals surface area contributed by atoms with E-state index >= 15 is 0 Å². The Labute approximate surface area is 115 Å². The normalized spacial score (nSPS) is 30.2. The van der Waals surface area contributed by atoms with Crippen LogP contribution in [-0.4, -0.2) is 0 Å². The molecule has 0 heterocycles. The Morgan fingerprint density at radius 1 is 1.17 bits per heavy atom. The van der Waals surface area contributed by atoms with Gasteiger partial charge in [0.25, 0.3) is 0 Å². The Bertz CT molecular complexity index is 300. The largest absolute Gasteiger partial charge is 0.0887 e. The van der Waals surface area contributed by atoms with Crippen LogP contribution in [0, 0.1) is 28.6 Å². The van der Waals surface area contributed by atoms with Crippen LogP contribution in [-0.2, 0) is 0 Å². The summed E-state index contributed by atoms with van der Waals surface area (Å²) in [6.45, 7) is 19.0. The lowest BCUT2D eigenvalue weighted by Crippen LogP contribution is -2.44. The smallest absolute Gasteiger partial charge is 0.0271 e. The van der Waals surface area contributed by atoms with E-state index in [0.717, 1.165) is 17.8 Å². The zero-order valence-electron chi connectivity index (χ0n) is 13.9. The van der Waals surface area contributed by atoms with Crippen LogP contribution in [0.2, 0.25) is 0 Å². The molecule has 106 valence electrons. The highest BCUT2D eigenvalue weighted by molar-refractivity contribution is 5.01. The summed E-state index contributed by atoms with van der Waals surface area (Å²) >= 11 is 0. The van der Waals surface area contributed by atoms with Crippen molar-refractivity contribution in [3.05, 3.63) is 11.6 Å². The Morgan fingerprint density at radius 3 is 2.11 bits per heavy atom. The van der Waals surface area contributed by atoms with E-state index in [4.69, 9.17) is 0 Å². The van der Waals surface area contributed by atoms with Crippen LogP contribution in [0.5, 0.6) is 0 Å². The molecule has 1 aliphatic rings. The van der Waals surface area contributed by atoms with Gasteiger partial charge in [-0.1, -0.05) is 53.2 Å². The molecule has 0 N–H and O–H groups in total. The third-order valence-electron chi connectivity index (χ3n) is 5.11. The summed E-state index contributed by atoms with van der Waals surface area (Å²) in [4.78, 5) is 0. The van der Waals surface area contributed by atoms with Gasteiger partial charge in [0.2, 0.25) is 0 Å². The molecule has 1 rings (SSSR count). The van der Waals surface area contributed by atoms with Crippen molar-refractivity contribution in [2.24, 2.45) is 28.6 Å². The third kappa shape index (κ3) is 3.87. The molecule has 0 radical (unpaired) electrons. The molecule has 0 amide bonds. The van der Waals surface area contributed by atoms with Crippen LogP contribution < -0.4 is 0 Å². The van der Waals surface area contributed by atoms with Crippen molar-refractivity contribution in [1.29, 1.82) is 0 Å². The standard InChI is InChI=1S/C18H34/c1-9-13(2)11-18(7,8)12-15-10-16(14(15)3)17(4,5)6/h9,14-16H,10-12H2,1-8H3. The molecule has 0 nitrogen and oxygen atoms in total. The zero-order valence-corrected chi connectivity index (χ0v) is 13.9. The van der Waals surface area contributed by atoms with Crippen LogP contribution in [0.15, 0.2) is 11.6 Å². The summed E-state index contributed by atoms with van der Waals surface area (Å²) in [6.07, 6.45) is 6.37. The van der Waals surface area contributed by atoms with E-state index in [-0.39, 0.29) is 0 Å². The van der Waals surface area contributed by atoms with Gasteiger partial charge in [0.15, 0.2) is 0 Å². The van der Waals surface area contributed by atoms with Crippen LogP contribution in [0.3, 0.4) is 0 Å². The maximum absolute atomic E-state index is 2.47. The molecular formula is C18H34. The van der Waals surface area contributed by atoms with Crippen LogP contribution in [0.1, 0.15) is 74.7 Å². The van der Waals surface area contributed by atoms with Crippen molar-refractivity contribution < 1.29 is 0 Å². The summed E-state index contributed by atoms with van der Waals surface area (Å²) in [5.74, 6) is 2.80. The molecule has 18 heavy (non-hydrogen) atoms. The first-order valence-electron chi connectivity index (χ1n) is 7.68. The molecule has 0 aromatic heterocycles. The third-order valence-corrected chi connectivity index (χ3v) is 5.11. The second-order valence-electron chi connectivity index (χ2n) is 8.51. The Balaban J connectivity index is 2.51. The van der Waals surface area contributed by atoms with E-state index in [9.17, 15) is 0 Å². The van der Waals surface area contributed by atoms with Gasteiger partial charge in [-0.25, -0.2) is 0 Å². The van der Waals surface area contributed by atoms with Crippen LogP contribution in [0.4, 0.5) is 0 Å². The van der Waals surface area contributed by atoms with Crippen molar-refractivity contribution in [2.45, 2.75) is 74.7 Å². The highest BCUT2D eigenvalue weighted by Gasteiger charge is 2.45. The molecule has 1 aliphatic carbocycles. The maximum Gasteiger partial charge on any atom is -0.0271 e. The fourth-order valence-electron chi connectivity index (χ4n) is 3.94. The summed E-state index contributed by atoms with van der Waals surface area (Å²) in [5, 5.41) is 0. The molecule has 1 saturated carbocycles. The van der Waals surface area contributed by atoms with E-state index < -0.39 is 0 Å². The molecule has 0 bridgehead atoms. The molecule has 1 fully saturated rings. The maximum atomic E-state index is 2.47. The quantitative estimate of drug-likeness (QED) is 0.531. The van der Waals surface area contributed by atoms with E-state index in [2.05, 4.69) is 61.5 Å². The van der Waals surface area contributed by atoms with E-state index in [0.29, 0.717) is 10.8 Å². The fourth-order valence-corrected chi connectivity index (χ4v) is 3.94.